The summed E-state index contributed by atoms with van der Waals surface area (Å²) >= 11 is 0. The Bertz CT molecular complexity index is 1400. The van der Waals surface area contributed by atoms with Gasteiger partial charge in [0, 0.05) is 18.0 Å². The van der Waals surface area contributed by atoms with Crippen molar-refractivity contribution in [2.75, 3.05) is 18.7 Å². The number of hydrogen-bond donors (Lipinski definition) is 1. The first-order chi connectivity index (χ1) is 16.6. The number of carbonyl (C=O) groups excluding carboxylic acids is 2. The molecule has 0 aliphatic carbocycles. The molecule has 0 unspecified atom stereocenters. The number of benzene rings is 4. The fraction of sp³-hybridized carbons (Fsp3) is 0.111. The third-order valence-corrected chi connectivity index (χ3v) is 5.82. The van der Waals surface area contributed by atoms with Gasteiger partial charge in [-0.05, 0) is 40.8 Å². The lowest BCUT2D eigenvalue weighted by molar-refractivity contribution is -0.107. The van der Waals surface area contributed by atoms with Crippen LogP contribution in [0.15, 0.2) is 66.7 Å². The molecule has 34 heavy (non-hydrogen) atoms. The molecule has 7 nitrogen and oxygen atoms in total. The second kappa shape index (κ2) is 8.78. The molecule has 1 aliphatic rings. The summed E-state index contributed by atoms with van der Waals surface area (Å²) in [5, 5.41) is 12.5. The zero-order valence-corrected chi connectivity index (χ0v) is 18.4. The maximum absolute atomic E-state index is 12.1. The Hall–Kier alpha value is -4.52. The topological polar surface area (TPSA) is 85.3 Å². The van der Waals surface area contributed by atoms with Crippen molar-refractivity contribution >= 4 is 29.2 Å². The van der Waals surface area contributed by atoms with E-state index < -0.39 is 0 Å². The van der Waals surface area contributed by atoms with Gasteiger partial charge in [0.1, 0.15) is 6.61 Å². The minimum atomic E-state index is -0.256. The Morgan fingerprint density at radius 1 is 0.971 bits per heavy atom. The van der Waals surface area contributed by atoms with E-state index in [9.17, 15) is 14.7 Å². The molecule has 0 saturated carbocycles. The fourth-order valence-electron chi connectivity index (χ4n) is 4.14. The van der Waals surface area contributed by atoms with Crippen molar-refractivity contribution in [2.24, 2.45) is 0 Å². The third-order valence-electron chi connectivity index (χ3n) is 5.82. The van der Waals surface area contributed by atoms with Gasteiger partial charge in [0.25, 0.3) is 0 Å². The minimum Gasteiger partial charge on any atom is -0.504 e. The lowest BCUT2D eigenvalue weighted by Crippen LogP contribution is -2.15. The van der Waals surface area contributed by atoms with Gasteiger partial charge >= 0.3 is 0 Å². The molecule has 1 N–H and O–H groups in total. The highest BCUT2D eigenvalue weighted by Gasteiger charge is 2.22. The van der Waals surface area contributed by atoms with Crippen molar-refractivity contribution in [2.45, 2.75) is 6.61 Å². The monoisotopic (exact) mass is 455 g/mol. The number of aromatic hydroxyl groups is 1. The summed E-state index contributed by atoms with van der Waals surface area (Å²) in [5.74, 6) is 1.15. The molecule has 0 bridgehead atoms. The number of ether oxygens (including phenoxy) is 3. The summed E-state index contributed by atoms with van der Waals surface area (Å²) in [5.41, 5.74) is 2.66. The van der Waals surface area contributed by atoms with Crippen LogP contribution in [0, 0.1) is 0 Å². The molecule has 1 amide bonds. The summed E-state index contributed by atoms with van der Waals surface area (Å²) in [6.45, 7) is 0.374. The molecule has 7 heteroatoms. The van der Waals surface area contributed by atoms with Gasteiger partial charge in [-0.1, -0.05) is 42.5 Å². The molecule has 5 rings (SSSR count). The second-order valence-electron chi connectivity index (χ2n) is 7.87. The smallest absolute Gasteiger partial charge is 0.231 e. The first-order valence-corrected chi connectivity index (χ1v) is 10.6. The van der Waals surface area contributed by atoms with Gasteiger partial charge in [-0.2, -0.15) is 0 Å². The number of rotatable bonds is 7. The maximum atomic E-state index is 12.1. The van der Waals surface area contributed by atoms with Crippen LogP contribution in [-0.2, 0) is 11.4 Å². The SMILES string of the molecule is CN(C=O)c1c(-c2ccc(OCc3ccccc3)c(O)c2C=O)ccc2cc3c(cc12)OCO3. The number of hydrogen-bond acceptors (Lipinski definition) is 6. The van der Waals surface area contributed by atoms with Crippen molar-refractivity contribution in [1.82, 2.24) is 0 Å². The molecule has 1 aliphatic heterocycles. The molecule has 0 aromatic heterocycles. The maximum Gasteiger partial charge on any atom is 0.231 e. The van der Waals surface area contributed by atoms with Crippen LogP contribution in [0.1, 0.15) is 15.9 Å². The van der Waals surface area contributed by atoms with Crippen LogP contribution in [0.25, 0.3) is 21.9 Å². The quantitative estimate of drug-likeness (QED) is 0.398. The van der Waals surface area contributed by atoms with Gasteiger partial charge in [0.05, 0.1) is 11.3 Å². The van der Waals surface area contributed by atoms with Gasteiger partial charge in [0.2, 0.25) is 13.2 Å². The number of carbonyl (C=O) groups is 2. The molecule has 0 radical (unpaired) electrons. The largest absolute Gasteiger partial charge is 0.504 e. The number of anilines is 1. The summed E-state index contributed by atoms with van der Waals surface area (Å²) in [6, 6.07) is 20.2. The van der Waals surface area contributed by atoms with E-state index in [4.69, 9.17) is 14.2 Å². The van der Waals surface area contributed by atoms with Crippen LogP contribution < -0.4 is 19.1 Å². The van der Waals surface area contributed by atoms with E-state index in [2.05, 4.69) is 0 Å². The Labute approximate surface area is 195 Å². The highest BCUT2D eigenvalue weighted by molar-refractivity contribution is 6.08. The van der Waals surface area contributed by atoms with Crippen LogP contribution >= 0.6 is 0 Å². The lowest BCUT2D eigenvalue weighted by atomic mass is 9.93. The fourth-order valence-corrected chi connectivity index (χ4v) is 4.14. The molecule has 4 aromatic carbocycles. The number of fused-ring (bicyclic) bond motifs is 2. The minimum absolute atomic E-state index is 0.0752. The highest BCUT2D eigenvalue weighted by Crippen LogP contribution is 2.45. The second-order valence-corrected chi connectivity index (χ2v) is 7.87. The molecule has 0 fully saturated rings. The zero-order valence-electron chi connectivity index (χ0n) is 18.4. The zero-order chi connectivity index (χ0) is 23.7. The predicted octanol–water partition coefficient (Wildman–Crippen LogP) is 4.93. The van der Waals surface area contributed by atoms with Gasteiger partial charge in [0.15, 0.2) is 29.3 Å². The summed E-state index contributed by atoms with van der Waals surface area (Å²) in [6.07, 6.45) is 1.29. The Balaban J connectivity index is 1.62. The molecule has 4 aromatic rings. The molecule has 170 valence electrons. The number of aldehydes is 1. The first kappa shape index (κ1) is 21.3. The van der Waals surface area contributed by atoms with E-state index in [1.807, 2.05) is 54.6 Å². The molecule has 0 spiro atoms. The van der Waals surface area contributed by atoms with E-state index >= 15 is 0 Å². The van der Waals surface area contributed by atoms with Crippen LogP contribution in [0.3, 0.4) is 0 Å². The standard InChI is InChI=1S/C27H21NO6/c1-28(15-30)26-20(8-7-18-11-24-25(12-21(18)26)34-16-33-24)19-9-10-23(27(31)22(19)13-29)32-14-17-5-3-2-4-6-17/h2-13,15,31H,14,16H2,1H3. The van der Waals surface area contributed by atoms with Crippen LogP contribution in [0.2, 0.25) is 0 Å². The number of nitrogens with zero attached hydrogens (tertiary/aromatic N) is 1. The van der Waals surface area contributed by atoms with E-state index in [0.29, 0.717) is 41.0 Å². The summed E-state index contributed by atoms with van der Waals surface area (Å²) < 4.78 is 16.8. The summed E-state index contributed by atoms with van der Waals surface area (Å²) in [7, 11) is 1.63. The molecular weight excluding hydrogens is 434 g/mol. The predicted molar refractivity (Wildman–Crippen MR) is 128 cm³/mol. The van der Waals surface area contributed by atoms with E-state index in [1.54, 1.807) is 19.2 Å². The average molecular weight is 455 g/mol. The van der Waals surface area contributed by atoms with Gasteiger partial charge in [-0.15, -0.1) is 0 Å². The Morgan fingerprint density at radius 3 is 2.44 bits per heavy atom. The van der Waals surface area contributed by atoms with Gasteiger partial charge < -0.3 is 24.2 Å². The molecule has 0 atom stereocenters. The van der Waals surface area contributed by atoms with Crippen molar-refractivity contribution in [3.8, 4) is 34.1 Å². The number of phenolic OH excluding ortho intramolecular Hbond substituents is 1. The van der Waals surface area contributed by atoms with Crippen molar-refractivity contribution in [3.05, 3.63) is 77.9 Å². The van der Waals surface area contributed by atoms with Crippen LogP contribution in [-0.4, -0.2) is 31.6 Å². The third kappa shape index (κ3) is 3.67. The number of amides is 1. The van der Waals surface area contributed by atoms with Gasteiger partial charge in [-0.25, -0.2) is 0 Å². The molecule has 0 saturated heterocycles. The van der Waals surface area contributed by atoms with Gasteiger partial charge in [-0.3, -0.25) is 9.59 Å². The van der Waals surface area contributed by atoms with E-state index in [1.165, 1.54) is 4.90 Å². The van der Waals surface area contributed by atoms with Crippen molar-refractivity contribution in [1.29, 1.82) is 0 Å². The summed E-state index contributed by atoms with van der Waals surface area (Å²) in [4.78, 5) is 25.3. The Morgan fingerprint density at radius 2 is 1.71 bits per heavy atom. The van der Waals surface area contributed by atoms with Crippen molar-refractivity contribution < 1.29 is 28.9 Å². The average Bonchev–Trinajstić information content (AvgIpc) is 3.33. The van der Waals surface area contributed by atoms with Crippen molar-refractivity contribution in [3.63, 3.8) is 0 Å². The normalized spacial score (nSPS) is 11.9. The number of phenols is 1. The molecule has 1 heterocycles. The first-order valence-electron chi connectivity index (χ1n) is 10.6. The molecular formula is C27H21NO6. The Kier molecular flexibility index (Phi) is 5.51. The van der Waals surface area contributed by atoms with E-state index in [-0.39, 0.29) is 30.5 Å². The van der Waals surface area contributed by atoms with Crippen LogP contribution in [0.4, 0.5) is 5.69 Å². The van der Waals surface area contributed by atoms with E-state index in [0.717, 1.165) is 16.3 Å². The van der Waals surface area contributed by atoms with Crippen LogP contribution in [0.5, 0.6) is 23.0 Å². The highest BCUT2D eigenvalue weighted by atomic mass is 16.7. The lowest BCUT2D eigenvalue weighted by Gasteiger charge is -2.21.